The van der Waals surface area contributed by atoms with Crippen LogP contribution in [0, 0.1) is 0 Å². The maximum absolute atomic E-state index is 10.6. The van der Waals surface area contributed by atoms with Gasteiger partial charge in [0.15, 0.2) is 6.61 Å². The van der Waals surface area contributed by atoms with Crippen molar-refractivity contribution in [1.82, 2.24) is 10.1 Å². The molecule has 6 nitrogen and oxygen atoms in total. The normalized spacial score (nSPS) is 14.3. The Bertz CT molecular complexity index is 587. The van der Waals surface area contributed by atoms with E-state index in [0.29, 0.717) is 23.4 Å². The second kappa shape index (κ2) is 4.72. The first-order chi connectivity index (χ1) is 9.22. The van der Waals surface area contributed by atoms with E-state index < -0.39 is 5.91 Å². The fraction of sp³-hybridized carbons (Fsp3) is 0.308. The molecule has 2 N–H and O–H groups in total. The number of rotatable bonds is 5. The molecular weight excluding hydrogens is 246 g/mol. The highest BCUT2D eigenvalue weighted by Crippen LogP contribution is 2.39. The molecule has 1 heterocycles. The smallest absolute Gasteiger partial charge is 0.255 e. The second-order valence-corrected chi connectivity index (χ2v) is 4.51. The Kier molecular flexibility index (Phi) is 2.91. The zero-order valence-electron chi connectivity index (χ0n) is 10.2. The van der Waals surface area contributed by atoms with Gasteiger partial charge in [0.1, 0.15) is 5.75 Å². The number of primary amides is 1. The van der Waals surface area contributed by atoms with Crippen LogP contribution in [0.1, 0.15) is 24.7 Å². The summed E-state index contributed by atoms with van der Waals surface area (Å²) in [6, 6.07) is 7.12. The van der Waals surface area contributed by atoms with Crippen LogP contribution >= 0.6 is 0 Å². The van der Waals surface area contributed by atoms with E-state index in [9.17, 15) is 4.79 Å². The number of hydrogen-bond donors (Lipinski definition) is 1. The lowest BCUT2D eigenvalue weighted by molar-refractivity contribution is -0.119. The lowest BCUT2D eigenvalue weighted by Gasteiger charge is -2.03. The van der Waals surface area contributed by atoms with Gasteiger partial charge in [-0.2, -0.15) is 4.98 Å². The Labute approximate surface area is 109 Å². The summed E-state index contributed by atoms with van der Waals surface area (Å²) in [6.07, 6.45) is 2.25. The number of nitrogens with two attached hydrogens (primary N) is 1. The molecular formula is C13H13N3O3. The van der Waals surface area contributed by atoms with Gasteiger partial charge in [-0.1, -0.05) is 5.16 Å². The van der Waals surface area contributed by atoms with E-state index >= 15 is 0 Å². The number of benzene rings is 1. The van der Waals surface area contributed by atoms with Crippen molar-refractivity contribution in [3.8, 4) is 17.1 Å². The molecule has 0 atom stereocenters. The zero-order valence-corrected chi connectivity index (χ0v) is 10.2. The van der Waals surface area contributed by atoms with Crippen molar-refractivity contribution in [3.63, 3.8) is 0 Å². The lowest BCUT2D eigenvalue weighted by atomic mass is 10.2. The third kappa shape index (κ3) is 2.73. The molecule has 98 valence electrons. The van der Waals surface area contributed by atoms with Crippen LogP contribution in [-0.4, -0.2) is 22.7 Å². The van der Waals surface area contributed by atoms with E-state index in [2.05, 4.69) is 10.1 Å². The first kappa shape index (κ1) is 11.7. The van der Waals surface area contributed by atoms with Gasteiger partial charge in [-0.25, -0.2) is 0 Å². The van der Waals surface area contributed by atoms with Gasteiger partial charge in [0.2, 0.25) is 11.7 Å². The monoisotopic (exact) mass is 259 g/mol. The van der Waals surface area contributed by atoms with Gasteiger partial charge in [0.25, 0.3) is 5.91 Å². The van der Waals surface area contributed by atoms with E-state index in [4.69, 9.17) is 15.0 Å². The van der Waals surface area contributed by atoms with Crippen molar-refractivity contribution in [1.29, 1.82) is 0 Å². The van der Waals surface area contributed by atoms with Crippen molar-refractivity contribution in [2.75, 3.05) is 6.61 Å². The quantitative estimate of drug-likeness (QED) is 0.878. The van der Waals surface area contributed by atoms with Crippen LogP contribution in [0.15, 0.2) is 28.8 Å². The van der Waals surface area contributed by atoms with Crippen LogP contribution < -0.4 is 10.5 Å². The topological polar surface area (TPSA) is 91.2 Å². The van der Waals surface area contributed by atoms with Gasteiger partial charge in [0, 0.05) is 11.5 Å². The van der Waals surface area contributed by atoms with Gasteiger partial charge >= 0.3 is 0 Å². The minimum Gasteiger partial charge on any atom is -0.484 e. The Morgan fingerprint density at radius 1 is 1.37 bits per heavy atom. The van der Waals surface area contributed by atoms with E-state index in [-0.39, 0.29) is 6.61 Å². The molecule has 0 spiro atoms. The number of amides is 1. The van der Waals surface area contributed by atoms with Crippen LogP contribution in [0.3, 0.4) is 0 Å². The average Bonchev–Trinajstić information content (AvgIpc) is 3.15. The first-order valence-corrected chi connectivity index (χ1v) is 6.07. The van der Waals surface area contributed by atoms with Crippen LogP contribution in [-0.2, 0) is 4.79 Å². The Morgan fingerprint density at radius 2 is 2.11 bits per heavy atom. The molecule has 1 aromatic carbocycles. The van der Waals surface area contributed by atoms with Crippen LogP contribution in [0.5, 0.6) is 5.75 Å². The minimum atomic E-state index is -0.503. The van der Waals surface area contributed by atoms with E-state index in [1.165, 1.54) is 0 Å². The SMILES string of the molecule is NC(=O)COc1ccc(-c2noc(C3CC3)n2)cc1. The Morgan fingerprint density at radius 3 is 2.74 bits per heavy atom. The summed E-state index contributed by atoms with van der Waals surface area (Å²) in [6.45, 7) is -0.132. The molecule has 0 aliphatic heterocycles. The largest absolute Gasteiger partial charge is 0.484 e. The maximum atomic E-state index is 10.6. The summed E-state index contributed by atoms with van der Waals surface area (Å²) in [5.41, 5.74) is 5.85. The van der Waals surface area contributed by atoms with Gasteiger partial charge in [0.05, 0.1) is 0 Å². The summed E-state index contributed by atoms with van der Waals surface area (Å²) in [5.74, 6) is 1.80. The van der Waals surface area contributed by atoms with Gasteiger partial charge < -0.3 is 15.0 Å². The lowest BCUT2D eigenvalue weighted by Crippen LogP contribution is -2.19. The number of nitrogens with zero attached hydrogens (tertiary/aromatic N) is 2. The number of hydrogen-bond acceptors (Lipinski definition) is 5. The highest BCUT2D eigenvalue weighted by atomic mass is 16.5. The molecule has 3 rings (SSSR count). The predicted molar refractivity (Wildman–Crippen MR) is 66.4 cm³/mol. The fourth-order valence-corrected chi connectivity index (χ4v) is 1.70. The van der Waals surface area contributed by atoms with Gasteiger partial charge in [-0.3, -0.25) is 4.79 Å². The number of carbonyl (C=O) groups is 1. The molecule has 1 aliphatic carbocycles. The van der Waals surface area contributed by atoms with Gasteiger partial charge in [-0.15, -0.1) is 0 Å². The number of aromatic nitrogens is 2. The second-order valence-electron chi connectivity index (χ2n) is 4.51. The van der Waals surface area contributed by atoms with Crippen molar-refractivity contribution in [2.24, 2.45) is 5.73 Å². The zero-order chi connectivity index (χ0) is 13.2. The maximum Gasteiger partial charge on any atom is 0.255 e. The molecule has 1 aromatic heterocycles. The van der Waals surface area contributed by atoms with Crippen LogP contribution in [0.25, 0.3) is 11.4 Å². The fourth-order valence-electron chi connectivity index (χ4n) is 1.70. The third-order valence-electron chi connectivity index (χ3n) is 2.86. The molecule has 0 saturated heterocycles. The van der Waals surface area contributed by atoms with E-state index in [0.717, 1.165) is 18.4 Å². The van der Waals surface area contributed by atoms with Crippen molar-refractivity contribution >= 4 is 5.91 Å². The summed E-state index contributed by atoms with van der Waals surface area (Å²) in [7, 11) is 0. The number of carbonyl (C=O) groups excluding carboxylic acids is 1. The summed E-state index contributed by atoms with van der Waals surface area (Å²) < 4.78 is 10.4. The molecule has 1 saturated carbocycles. The highest BCUT2D eigenvalue weighted by Gasteiger charge is 2.29. The third-order valence-corrected chi connectivity index (χ3v) is 2.86. The molecule has 19 heavy (non-hydrogen) atoms. The Balaban J connectivity index is 1.71. The van der Waals surface area contributed by atoms with Crippen molar-refractivity contribution < 1.29 is 14.1 Å². The van der Waals surface area contributed by atoms with Crippen molar-refractivity contribution in [2.45, 2.75) is 18.8 Å². The predicted octanol–water partition coefficient (Wildman–Crippen LogP) is 1.48. The van der Waals surface area contributed by atoms with Crippen LogP contribution in [0.2, 0.25) is 0 Å². The summed E-state index contributed by atoms with van der Waals surface area (Å²) in [4.78, 5) is 15.0. The Hall–Kier alpha value is -2.37. The first-order valence-electron chi connectivity index (χ1n) is 6.07. The molecule has 1 fully saturated rings. The standard InChI is InChI=1S/C13H13N3O3/c14-11(17)7-18-10-5-3-8(4-6-10)12-15-13(19-16-12)9-1-2-9/h3-6,9H,1-2,7H2,(H2,14,17). The molecule has 1 aliphatic rings. The minimum absolute atomic E-state index is 0.132. The highest BCUT2D eigenvalue weighted by molar-refractivity contribution is 5.75. The number of ether oxygens (including phenoxy) is 1. The summed E-state index contributed by atoms with van der Waals surface area (Å²) in [5, 5.41) is 3.95. The van der Waals surface area contributed by atoms with Gasteiger partial charge in [-0.05, 0) is 37.1 Å². The molecule has 2 aromatic rings. The van der Waals surface area contributed by atoms with Crippen LogP contribution in [0.4, 0.5) is 0 Å². The molecule has 0 unspecified atom stereocenters. The van der Waals surface area contributed by atoms with E-state index in [1.807, 2.05) is 12.1 Å². The van der Waals surface area contributed by atoms with Crippen molar-refractivity contribution in [3.05, 3.63) is 30.2 Å². The molecule has 6 heteroatoms. The molecule has 0 radical (unpaired) electrons. The molecule has 1 amide bonds. The molecule has 0 bridgehead atoms. The van der Waals surface area contributed by atoms with E-state index in [1.54, 1.807) is 12.1 Å². The summed E-state index contributed by atoms with van der Waals surface area (Å²) >= 11 is 0. The average molecular weight is 259 g/mol.